The zero-order valence-corrected chi connectivity index (χ0v) is 11.8. The second-order valence-electron chi connectivity index (χ2n) is 5.13. The Bertz CT molecular complexity index is 624. The Morgan fingerprint density at radius 1 is 1.45 bits per heavy atom. The molecule has 0 radical (unpaired) electrons. The summed E-state index contributed by atoms with van der Waals surface area (Å²) in [5, 5.41) is 3.21. The number of hydrogen-bond acceptors (Lipinski definition) is 3. The van der Waals surface area contributed by atoms with Gasteiger partial charge in [0.05, 0.1) is 0 Å². The molecular weight excluding hydrogens is 252 g/mol. The van der Waals surface area contributed by atoms with E-state index in [0.717, 1.165) is 36.7 Å². The van der Waals surface area contributed by atoms with Crippen LogP contribution in [0.5, 0.6) is 0 Å². The third kappa shape index (κ3) is 2.27. The van der Waals surface area contributed by atoms with Crippen LogP contribution in [0.25, 0.3) is 0 Å². The minimum atomic E-state index is -0.0840. The molecule has 20 heavy (non-hydrogen) atoms. The lowest BCUT2D eigenvalue weighted by Crippen LogP contribution is -2.26. The van der Waals surface area contributed by atoms with Crippen molar-refractivity contribution in [3.8, 4) is 0 Å². The van der Waals surface area contributed by atoms with Crippen LogP contribution < -0.4 is 10.2 Å². The van der Waals surface area contributed by atoms with Crippen molar-refractivity contribution < 1.29 is 4.79 Å². The molecule has 0 saturated heterocycles. The number of amides is 1. The predicted molar refractivity (Wildman–Crippen MR) is 79.2 cm³/mol. The van der Waals surface area contributed by atoms with Crippen molar-refractivity contribution in [3.63, 3.8) is 0 Å². The van der Waals surface area contributed by atoms with Crippen LogP contribution in [0, 0.1) is 6.92 Å². The Balaban J connectivity index is 1.86. The highest BCUT2D eigenvalue weighted by Gasteiger charge is 2.20. The molecule has 0 saturated carbocycles. The van der Waals surface area contributed by atoms with Crippen LogP contribution >= 0.6 is 0 Å². The molecular formula is C15H18N4O. The highest BCUT2D eigenvalue weighted by Crippen LogP contribution is 2.19. The molecule has 1 N–H and O–H groups in total. The maximum absolute atomic E-state index is 12.5. The molecule has 0 fully saturated rings. The Morgan fingerprint density at radius 2 is 2.30 bits per heavy atom. The number of imidazole rings is 1. The molecule has 1 aromatic carbocycles. The molecule has 0 spiro atoms. The summed E-state index contributed by atoms with van der Waals surface area (Å²) in [7, 11) is 1.78. The molecule has 5 heteroatoms. The van der Waals surface area contributed by atoms with Crippen LogP contribution in [-0.4, -0.2) is 29.1 Å². The van der Waals surface area contributed by atoms with Crippen LogP contribution in [0.2, 0.25) is 0 Å². The number of nitrogens with zero attached hydrogens (tertiary/aromatic N) is 3. The zero-order valence-electron chi connectivity index (χ0n) is 11.8. The maximum atomic E-state index is 12.5. The molecule has 0 bridgehead atoms. The van der Waals surface area contributed by atoms with Crippen molar-refractivity contribution in [2.45, 2.75) is 19.9 Å². The molecule has 1 aliphatic heterocycles. The molecule has 1 amide bonds. The van der Waals surface area contributed by atoms with E-state index in [0.29, 0.717) is 5.69 Å². The number of rotatable bonds is 2. The van der Waals surface area contributed by atoms with E-state index in [2.05, 4.69) is 10.3 Å². The van der Waals surface area contributed by atoms with Crippen LogP contribution in [0.4, 0.5) is 11.6 Å². The molecule has 1 aromatic heterocycles. The fourth-order valence-electron chi connectivity index (χ4n) is 2.41. The first-order chi connectivity index (χ1) is 9.65. The Kier molecular flexibility index (Phi) is 3.18. The van der Waals surface area contributed by atoms with Gasteiger partial charge in [0.25, 0.3) is 5.91 Å². The van der Waals surface area contributed by atoms with Crippen molar-refractivity contribution in [2.75, 3.05) is 23.8 Å². The average Bonchev–Trinajstić information content (AvgIpc) is 2.89. The molecule has 5 nitrogen and oxygen atoms in total. The summed E-state index contributed by atoms with van der Waals surface area (Å²) in [5.41, 5.74) is 2.50. The monoisotopic (exact) mass is 270 g/mol. The van der Waals surface area contributed by atoms with Gasteiger partial charge in [-0.15, -0.1) is 0 Å². The van der Waals surface area contributed by atoms with Gasteiger partial charge in [-0.3, -0.25) is 4.79 Å². The number of nitrogens with one attached hydrogen (secondary N) is 1. The second kappa shape index (κ2) is 5.00. The van der Waals surface area contributed by atoms with Gasteiger partial charge >= 0.3 is 0 Å². The largest absolute Gasteiger partial charge is 0.356 e. The summed E-state index contributed by atoms with van der Waals surface area (Å²) < 4.78 is 2.00. The van der Waals surface area contributed by atoms with Crippen LogP contribution in [0.15, 0.2) is 30.5 Å². The fraction of sp³-hybridized carbons (Fsp3) is 0.333. The molecule has 104 valence electrons. The molecule has 3 rings (SSSR count). The summed E-state index contributed by atoms with van der Waals surface area (Å²) in [6.07, 6.45) is 2.89. The van der Waals surface area contributed by atoms with Crippen LogP contribution in [0.3, 0.4) is 0 Å². The minimum absolute atomic E-state index is 0.0840. The Morgan fingerprint density at radius 3 is 3.05 bits per heavy atom. The third-order valence-electron chi connectivity index (χ3n) is 3.55. The summed E-state index contributed by atoms with van der Waals surface area (Å²) in [4.78, 5) is 18.5. The topological polar surface area (TPSA) is 50.2 Å². The van der Waals surface area contributed by atoms with Crippen molar-refractivity contribution in [1.82, 2.24) is 9.55 Å². The van der Waals surface area contributed by atoms with Gasteiger partial charge in [0, 0.05) is 32.0 Å². The van der Waals surface area contributed by atoms with Gasteiger partial charge in [-0.05, 0) is 31.0 Å². The van der Waals surface area contributed by atoms with Gasteiger partial charge in [0.2, 0.25) is 5.95 Å². The third-order valence-corrected chi connectivity index (χ3v) is 3.55. The van der Waals surface area contributed by atoms with Gasteiger partial charge < -0.3 is 14.8 Å². The van der Waals surface area contributed by atoms with Gasteiger partial charge in [-0.2, -0.15) is 0 Å². The van der Waals surface area contributed by atoms with E-state index >= 15 is 0 Å². The summed E-state index contributed by atoms with van der Waals surface area (Å²) in [6.45, 7) is 3.84. The zero-order chi connectivity index (χ0) is 14.1. The first kappa shape index (κ1) is 12.7. The maximum Gasteiger partial charge on any atom is 0.278 e. The lowest BCUT2D eigenvalue weighted by molar-refractivity contribution is 0.0988. The second-order valence-corrected chi connectivity index (χ2v) is 5.13. The Labute approximate surface area is 118 Å². The summed E-state index contributed by atoms with van der Waals surface area (Å²) >= 11 is 0. The number of benzene rings is 1. The number of carbonyl (C=O) groups excluding carboxylic acids is 1. The van der Waals surface area contributed by atoms with Gasteiger partial charge in [0.1, 0.15) is 5.69 Å². The van der Waals surface area contributed by atoms with E-state index in [1.54, 1.807) is 11.9 Å². The first-order valence-electron chi connectivity index (χ1n) is 6.81. The SMILES string of the molecule is Cc1cccc(N(C)C(=O)c2cn3c(n2)NCCC3)c1. The van der Waals surface area contributed by atoms with Crippen molar-refractivity contribution in [3.05, 3.63) is 41.7 Å². The standard InChI is InChI=1S/C15H18N4O/c1-11-5-3-6-12(9-11)18(2)14(20)13-10-19-8-4-7-16-15(19)17-13/h3,5-6,9-10H,4,7-8H2,1-2H3,(H,16,17). The number of fused-ring (bicyclic) bond motifs is 1. The van der Waals surface area contributed by atoms with E-state index in [4.69, 9.17) is 0 Å². The van der Waals surface area contributed by atoms with Crippen molar-refractivity contribution in [1.29, 1.82) is 0 Å². The highest BCUT2D eigenvalue weighted by molar-refractivity contribution is 6.04. The lowest BCUT2D eigenvalue weighted by Gasteiger charge is -2.16. The summed E-state index contributed by atoms with van der Waals surface area (Å²) in [6, 6.07) is 7.89. The average molecular weight is 270 g/mol. The summed E-state index contributed by atoms with van der Waals surface area (Å²) in [5.74, 6) is 0.705. The first-order valence-corrected chi connectivity index (χ1v) is 6.81. The Hall–Kier alpha value is -2.30. The quantitative estimate of drug-likeness (QED) is 0.911. The fourth-order valence-corrected chi connectivity index (χ4v) is 2.41. The molecule has 2 heterocycles. The van der Waals surface area contributed by atoms with Gasteiger partial charge in [0.15, 0.2) is 0 Å². The normalized spacial score (nSPS) is 13.5. The van der Waals surface area contributed by atoms with E-state index in [1.165, 1.54) is 0 Å². The number of anilines is 2. The van der Waals surface area contributed by atoms with E-state index in [1.807, 2.05) is 42.0 Å². The number of aromatic nitrogens is 2. The van der Waals surface area contributed by atoms with Crippen LogP contribution in [0.1, 0.15) is 22.5 Å². The molecule has 0 aliphatic carbocycles. The van der Waals surface area contributed by atoms with Crippen LogP contribution in [-0.2, 0) is 6.54 Å². The number of aryl methyl sites for hydroxylation is 2. The van der Waals surface area contributed by atoms with Gasteiger partial charge in [-0.25, -0.2) is 4.98 Å². The molecule has 1 aliphatic rings. The number of hydrogen-bond donors (Lipinski definition) is 1. The van der Waals surface area contributed by atoms with Crippen molar-refractivity contribution in [2.24, 2.45) is 0 Å². The molecule has 0 atom stereocenters. The van der Waals surface area contributed by atoms with Crippen molar-refractivity contribution >= 4 is 17.5 Å². The molecule has 2 aromatic rings. The molecule has 0 unspecified atom stereocenters. The highest BCUT2D eigenvalue weighted by atomic mass is 16.2. The van der Waals surface area contributed by atoms with E-state index in [-0.39, 0.29) is 5.91 Å². The van der Waals surface area contributed by atoms with Gasteiger partial charge in [-0.1, -0.05) is 12.1 Å². The lowest BCUT2D eigenvalue weighted by atomic mass is 10.2. The van der Waals surface area contributed by atoms with E-state index < -0.39 is 0 Å². The van der Waals surface area contributed by atoms with E-state index in [9.17, 15) is 4.79 Å². The minimum Gasteiger partial charge on any atom is -0.356 e. The smallest absolute Gasteiger partial charge is 0.278 e. The number of carbonyl (C=O) groups is 1. The predicted octanol–water partition coefficient (Wildman–Crippen LogP) is 2.28.